The van der Waals surface area contributed by atoms with Crippen molar-refractivity contribution in [1.29, 1.82) is 0 Å². The van der Waals surface area contributed by atoms with Gasteiger partial charge in [0.05, 0.1) is 19.0 Å². The molecule has 0 saturated carbocycles. The van der Waals surface area contributed by atoms with E-state index >= 15 is 0 Å². The van der Waals surface area contributed by atoms with E-state index in [2.05, 4.69) is 0 Å². The second kappa shape index (κ2) is 5.27. The SMILES string of the molecule is NC(=O)[C@@H]1CCC[NH+](Cc2ccc(F)cc2)C1. The number of benzene rings is 1. The molecule has 92 valence electrons. The molecule has 1 heterocycles. The number of carbonyl (C=O) groups is 1. The maximum Gasteiger partial charge on any atom is 0.226 e. The van der Waals surface area contributed by atoms with Crippen molar-refractivity contribution in [2.75, 3.05) is 13.1 Å². The predicted molar refractivity (Wildman–Crippen MR) is 62.7 cm³/mol. The first kappa shape index (κ1) is 12.0. The highest BCUT2D eigenvalue weighted by molar-refractivity contribution is 5.76. The van der Waals surface area contributed by atoms with Gasteiger partial charge in [-0.3, -0.25) is 4.79 Å². The van der Waals surface area contributed by atoms with Crippen molar-refractivity contribution in [2.45, 2.75) is 19.4 Å². The summed E-state index contributed by atoms with van der Waals surface area (Å²) in [6, 6.07) is 6.56. The van der Waals surface area contributed by atoms with E-state index in [1.165, 1.54) is 17.0 Å². The second-order valence-electron chi connectivity index (χ2n) is 4.75. The quantitative estimate of drug-likeness (QED) is 0.770. The van der Waals surface area contributed by atoms with Gasteiger partial charge in [0.1, 0.15) is 12.4 Å². The number of rotatable bonds is 3. The second-order valence-corrected chi connectivity index (χ2v) is 4.75. The molecule has 0 spiro atoms. The zero-order valence-corrected chi connectivity index (χ0v) is 9.79. The van der Waals surface area contributed by atoms with E-state index in [1.54, 1.807) is 12.1 Å². The van der Waals surface area contributed by atoms with Crippen molar-refractivity contribution in [3.05, 3.63) is 35.6 Å². The zero-order chi connectivity index (χ0) is 12.3. The van der Waals surface area contributed by atoms with Gasteiger partial charge >= 0.3 is 0 Å². The van der Waals surface area contributed by atoms with Crippen LogP contribution in [0.25, 0.3) is 0 Å². The van der Waals surface area contributed by atoms with Crippen LogP contribution in [0.3, 0.4) is 0 Å². The molecule has 1 unspecified atom stereocenters. The highest BCUT2D eigenvalue weighted by Gasteiger charge is 2.26. The summed E-state index contributed by atoms with van der Waals surface area (Å²) in [4.78, 5) is 12.5. The Balaban J connectivity index is 1.94. The Morgan fingerprint density at radius 1 is 1.41 bits per heavy atom. The van der Waals surface area contributed by atoms with Crippen LogP contribution in [-0.2, 0) is 11.3 Å². The molecule has 1 aromatic carbocycles. The number of hydrogen-bond acceptors (Lipinski definition) is 1. The Kier molecular flexibility index (Phi) is 3.74. The van der Waals surface area contributed by atoms with Gasteiger partial charge in [0.15, 0.2) is 0 Å². The minimum atomic E-state index is -0.211. The van der Waals surface area contributed by atoms with Crippen LogP contribution in [0, 0.1) is 11.7 Å². The summed E-state index contributed by atoms with van der Waals surface area (Å²) in [6.07, 6.45) is 1.94. The third-order valence-electron chi connectivity index (χ3n) is 3.39. The first-order chi connectivity index (χ1) is 8.15. The molecular weight excluding hydrogens is 219 g/mol. The van der Waals surface area contributed by atoms with Crippen LogP contribution >= 0.6 is 0 Å². The highest BCUT2D eigenvalue weighted by atomic mass is 19.1. The van der Waals surface area contributed by atoms with Crippen molar-refractivity contribution >= 4 is 5.91 Å². The number of nitrogens with two attached hydrogens (primary N) is 1. The van der Waals surface area contributed by atoms with Crippen LogP contribution in [0.1, 0.15) is 18.4 Å². The summed E-state index contributed by atoms with van der Waals surface area (Å²) in [6.45, 7) is 2.69. The van der Waals surface area contributed by atoms with Gasteiger partial charge < -0.3 is 10.6 Å². The van der Waals surface area contributed by atoms with Gasteiger partial charge in [-0.15, -0.1) is 0 Å². The molecule has 0 radical (unpaired) electrons. The number of hydrogen-bond donors (Lipinski definition) is 2. The molecule has 1 saturated heterocycles. The number of piperidine rings is 1. The van der Waals surface area contributed by atoms with E-state index in [1.807, 2.05) is 0 Å². The summed E-state index contributed by atoms with van der Waals surface area (Å²) >= 11 is 0. The van der Waals surface area contributed by atoms with Gasteiger partial charge in [0, 0.05) is 5.56 Å². The average Bonchev–Trinajstić information content (AvgIpc) is 2.32. The first-order valence-electron chi connectivity index (χ1n) is 6.02. The maximum atomic E-state index is 12.8. The number of carbonyl (C=O) groups excluding carboxylic acids is 1. The molecule has 1 aliphatic rings. The summed E-state index contributed by atoms with van der Waals surface area (Å²) in [7, 11) is 0. The molecule has 1 amide bonds. The fourth-order valence-electron chi connectivity index (χ4n) is 2.45. The summed E-state index contributed by atoms with van der Waals surface area (Å²) in [5, 5.41) is 0. The monoisotopic (exact) mass is 237 g/mol. The van der Waals surface area contributed by atoms with Gasteiger partial charge in [-0.2, -0.15) is 0 Å². The average molecular weight is 237 g/mol. The third kappa shape index (κ3) is 3.27. The van der Waals surface area contributed by atoms with Crippen LogP contribution in [-0.4, -0.2) is 19.0 Å². The molecule has 0 aromatic heterocycles. The largest absolute Gasteiger partial charge is 0.369 e. The van der Waals surface area contributed by atoms with Crippen LogP contribution < -0.4 is 10.6 Å². The molecule has 0 bridgehead atoms. The molecule has 17 heavy (non-hydrogen) atoms. The number of primary amides is 1. The van der Waals surface area contributed by atoms with Crippen LogP contribution in [0.2, 0.25) is 0 Å². The molecule has 0 aliphatic carbocycles. The lowest BCUT2D eigenvalue weighted by atomic mass is 9.97. The molecule has 4 heteroatoms. The number of quaternary nitrogens is 1. The van der Waals surface area contributed by atoms with E-state index in [0.717, 1.165) is 38.0 Å². The Hall–Kier alpha value is -1.42. The van der Waals surface area contributed by atoms with Gasteiger partial charge in [-0.05, 0) is 25.0 Å². The van der Waals surface area contributed by atoms with Crippen molar-refractivity contribution < 1.29 is 14.1 Å². The van der Waals surface area contributed by atoms with Crippen molar-refractivity contribution in [1.82, 2.24) is 0 Å². The number of amides is 1. The number of halogens is 1. The molecule has 2 atom stereocenters. The number of likely N-dealkylation sites (tertiary alicyclic amines) is 1. The van der Waals surface area contributed by atoms with Gasteiger partial charge in [0.2, 0.25) is 5.91 Å². The van der Waals surface area contributed by atoms with E-state index in [-0.39, 0.29) is 17.6 Å². The zero-order valence-electron chi connectivity index (χ0n) is 9.79. The van der Waals surface area contributed by atoms with Crippen molar-refractivity contribution in [3.63, 3.8) is 0 Å². The lowest BCUT2D eigenvalue weighted by molar-refractivity contribution is -0.921. The van der Waals surface area contributed by atoms with Gasteiger partial charge in [-0.25, -0.2) is 4.39 Å². The Morgan fingerprint density at radius 2 is 2.12 bits per heavy atom. The standard InChI is InChI=1S/C13H17FN2O/c14-12-5-3-10(4-6-12)8-16-7-1-2-11(9-16)13(15)17/h3-6,11H,1-2,7-9H2,(H2,15,17)/p+1/t11-/m1/s1. The van der Waals surface area contributed by atoms with Crippen LogP contribution in [0.15, 0.2) is 24.3 Å². The summed E-state index contributed by atoms with van der Waals surface area (Å²) < 4.78 is 12.8. The topological polar surface area (TPSA) is 47.5 Å². The van der Waals surface area contributed by atoms with Crippen LogP contribution in [0.4, 0.5) is 4.39 Å². The molecule has 3 nitrogen and oxygen atoms in total. The minimum absolute atomic E-state index is 0.000742. The molecule has 3 N–H and O–H groups in total. The third-order valence-corrected chi connectivity index (χ3v) is 3.39. The Morgan fingerprint density at radius 3 is 2.76 bits per heavy atom. The molecule has 1 aliphatic heterocycles. The normalized spacial score (nSPS) is 24.5. The molecular formula is C13H18FN2O+. The van der Waals surface area contributed by atoms with Crippen molar-refractivity contribution in [2.24, 2.45) is 11.7 Å². The minimum Gasteiger partial charge on any atom is -0.369 e. The predicted octanol–water partition coefficient (Wildman–Crippen LogP) is 0.106. The van der Waals surface area contributed by atoms with E-state index in [0.29, 0.717) is 0 Å². The van der Waals surface area contributed by atoms with E-state index in [9.17, 15) is 9.18 Å². The fourth-order valence-corrected chi connectivity index (χ4v) is 2.45. The first-order valence-corrected chi connectivity index (χ1v) is 6.02. The Bertz CT molecular complexity index is 391. The summed E-state index contributed by atoms with van der Waals surface area (Å²) in [5.74, 6) is -0.405. The van der Waals surface area contributed by atoms with Gasteiger partial charge in [0.25, 0.3) is 0 Å². The molecule has 1 aromatic rings. The Labute approximate surface area is 100 Å². The highest BCUT2D eigenvalue weighted by Crippen LogP contribution is 2.07. The smallest absolute Gasteiger partial charge is 0.226 e. The van der Waals surface area contributed by atoms with E-state index < -0.39 is 0 Å². The summed E-state index contributed by atoms with van der Waals surface area (Å²) in [5.41, 5.74) is 6.44. The fraction of sp³-hybridized carbons (Fsp3) is 0.462. The lowest BCUT2D eigenvalue weighted by Gasteiger charge is -2.28. The van der Waals surface area contributed by atoms with Crippen molar-refractivity contribution in [3.8, 4) is 0 Å². The van der Waals surface area contributed by atoms with E-state index in [4.69, 9.17) is 5.73 Å². The maximum absolute atomic E-state index is 12.8. The molecule has 2 rings (SSSR count). The molecule has 1 fully saturated rings. The van der Waals surface area contributed by atoms with Gasteiger partial charge in [-0.1, -0.05) is 12.1 Å². The van der Waals surface area contributed by atoms with Crippen LogP contribution in [0.5, 0.6) is 0 Å². The lowest BCUT2D eigenvalue weighted by Crippen LogP contribution is -3.12. The number of nitrogens with one attached hydrogen (secondary N) is 1.